The van der Waals surface area contributed by atoms with Gasteiger partial charge in [-0.1, -0.05) is 34.6 Å². The zero-order valence-corrected chi connectivity index (χ0v) is 15.1. The van der Waals surface area contributed by atoms with Gasteiger partial charge in [-0.15, -0.1) is 0 Å². The van der Waals surface area contributed by atoms with Crippen LogP contribution in [0.15, 0.2) is 6.07 Å². The summed E-state index contributed by atoms with van der Waals surface area (Å²) >= 11 is 0. The molecule has 2 rings (SSSR count). The number of H-pyrrole nitrogens is 1. The van der Waals surface area contributed by atoms with Gasteiger partial charge in [0.05, 0.1) is 6.10 Å². The van der Waals surface area contributed by atoms with E-state index in [1.165, 1.54) is 0 Å². The minimum atomic E-state index is -0.935. The van der Waals surface area contributed by atoms with Gasteiger partial charge in [0.1, 0.15) is 5.54 Å². The van der Waals surface area contributed by atoms with Crippen LogP contribution >= 0.6 is 0 Å². The number of anilines is 1. The number of nitrogens with zero attached hydrogens (tertiary/aromatic N) is 1. The highest BCUT2D eigenvalue weighted by molar-refractivity contribution is 5.99. The quantitative estimate of drug-likeness (QED) is 0.776. The first-order chi connectivity index (χ1) is 10.5. The van der Waals surface area contributed by atoms with Gasteiger partial charge in [-0.25, -0.2) is 0 Å². The number of amides is 1. The number of nitrogens with one attached hydrogen (secondary N) is 2. The van der Waals surface area contributed by atoms with Gasteiger partial charge >= 0.3 is 0 Å². The number of hydrogen-bond donors (Lipinski definition) is 3. The van der Waals surface area contributed by atoms with Crippen LogP contribution in [-0.2, 0) is 16.0 Å². The summed E-state index contributed by atoms with van der Waals surface area (Å²) in [6, 6.07) is 1.87. The van der Waals surface area contributed by atoms with Crippen LogP contribution in [0.2, 0.25) is 0 Å². The molecule has 130 valence electrons. The zero-order valence-electron chi connectivity index (χ0n) is 15.1. The van der Waals surface area contributed by atoms with Crippen molar-refractivity contribution in [2.24, 2.45) is 16.6 Å². The Morgan fingerprint density at radius 2 is 2.17 bits per heavy atom. The van der Waals surface area contributed by atoms with E-state index in [0.29, 0.717) is 18.8 Å². The van der Waals surface area contributed by atoms with Gasteiger partial charge in [0, 0.05) is 30.2 Å². The molecular formula is C17H30N4O2. The van der Waals surface area contributed by atoms with Crippen LogP contribution in [0.25, 0.3) is 0 Å². The lowest BCUT2D eigenvalue weighted by molar-refractivity contribution is -0.166. The summed E-state index contributed by atoms with van der Waals surface area (Å²) in [7, 11) is 0. The average Bonchev–Trinajstić information content (AvgIpc) is 2.83. The molecule has 2 atom stereocenters. The molecule has 1 fully saturated rings. The van der Waals surface area contributed by atoms with Gasteiger partial charge in [-0.3, -0.25) is 9.89 Å². The molecule has 1 aromatic heterocycles. The van der Waals surface area contributed by atoms with Gasteiger partial charge in [-0.2, -0.15) is 5.10 Å². The molecule has 0 bridgehead atoms. The number of aromatic nitrogens is 2. The Kier molecular flexibility index (Phi) is 4.61. The van der Waals surface area contributed by atoms with Crippen molar-refractivity contribution >= 4 is 11.7 Å². The first-order valence-corrected chi connectivity index (χ1v) is 8.26. The largest absolute Gasteiger partial charge is 0.378 e. The molecule has 23 heavy (non-hydrogen) atoms. The lowest BCUT2D eigenvalue weighted by Gasteiger charge is -2.57. The Bertz CT molecular complexity index is 573. The summed E-state index contributed by atoms with van der Waals surface area (Å²) in [5.41, 5.74) is 6.19. The molecule has 0 radical (unpaired) electrons. The number of ether oxygens (including phenoxy) is 1. The Hall–Kier alpha value is -1.40. The molecule has 0 aromatic carbocycles. The molecule has 1 amide bonds. The van der Waals surface area contributed by atoms with Crippen molar-refractivity contribution in [2.75, 3.05) is 11.9 Å². The molecule has 1 aliphatic carbocycles. The zero-order chi connectivity index (χ0) is 17.5. The molecule has 6 nitrogen and oxygen atoms in total. The highest BCUT2D eigenvalue weighted by Gasteiger charge is 2.62. The Morgan fingerprint density at radius 3 is 2.70 bits per heavy atom. The van der Waals surface area contributed by atoms with Gasteiger partial charge in [0.15, 0.2) is 5.82 Å². The Balaban J connectivity index is 2.03. The topological polar surface area (TPSA) is 93.0 Å². The molecule has 4 N–H and O–H groups in total. The molecule has 0 saturated heterocycles. The van der Waals surface area contributed by atoms with E-state index in [9.17, 15) is 4.79 Å². The Morgan fingerprint density at radius 1 is 1.52 bits per heavy atom. The van der Waals surface area contributed by atoms with E-state index in [1.807, 2.05) is 26.8 Å². The number of carbonyl (C=O) groups is 1. The third-order valence-electron chi connectivity index (χ3n) is 4.83. The van der Waals surface area contributed by atoms with Crippen LogP contribution in [0.5, 0.6) is 0 Å². The molecular weight excluding hydrogens is 292 g/mol. The van der Waals surface area contributed by atoms with Crippen molar-refractivity contribution in [3.8, 4) is 0 Å². The van der Waals surface area contributed by atoms with Crippen LogP contribution in [0.4, 0.5) is 5.82 Å². The number of carbonyl (C=O) groups excluding carboxylic acids is 1. The van der Waals surface area contributed by atoms with Crippen molar-refractivity contribution in [3.63, 3.8) is 0 Å². The summed E-state index contributed by atoms with van der Waals surface area (Å²) in [5, 5.41) is 9.99. The fraction of sp³-hybridized carbons (Fsp3) is 0.765. The van der Waals surface area contributed by atoms with Gasteiger partial charge in [-0.05, 0) is 18.8 Å². The van der Waals surface area contributed by atoms with Crippen molar-refractivity contribution in [1.82, 2.24) is 10.2 Å². The van der Waals surface area contributed by atoms with Gasteiger partial charge in [0.25, 0.3) is 0 Å². The van der Waals surface area contributed by atoms with Gasteiger partial charge in [0.2, 0.25) is 5.91 Å². The van der Waals surface area contributed by atoms with Crippen LogP contribution in [0.3, 0.4) is 0 Å². The predicted molar refractivity (Wildman–Crippen MR) is 91.1 cm³/mol. The van der Waals surface area contributed by atoms with Crippen molar-refractivity contribution in [3.05, 3.63) is 11.8 Å². The third-order valence-corrected chi connectivity index (χ3v) is 4.83. The number of rotatable bonds is 5. The molecule has 1 aromatic rings. The number of nitrogens with two attached hydrogens (primary N) is 1. The van der Waals surface area contributed by atoms with E-state index in [0.717, 1.165) is 12.1 Å². The average molecular weight is 322 g/mol. The second-order valence-corrected chi connectivity index (χ2v) is 8.31. The van der Waals surface area contributed by atoms with E-state index in [1.54, 1.807) is 0 Å². The van der Waals surface area contributed by atoms with Crippen LogP contribution in [-0.4, -0.2) is 34.4 Å². The fourth-order valence-corrected chi connectivity index (χ4v) is 3.14. The van der Waals surface area contributed by atoms with Crippen LogP contribution in [0, 0.1) is 10.8 Å². The van der Waals surface area contributed by atoms with E-state index in [2.05, 4.69) is 36.3 Å². The first-order valence-electron chi connectivity index (χ1n) is 8.26. The molecule has 2 unspecified atom stereocenters. The first kappa shape index (κ1) is 17.9. The second kappa shape index (κ2) is 5.91. The van der Waals surface area contributed by atoms with Crippen molar-refractivity contribution in [2.45, 2.75) is 66.0 Å². The molecule has 6 heteroatoms. The molecule has 1 heterocycles. The summed E-state index contributed by atoms with van der Waals surface area (Å²) in [4.78, 5) is 12.6. The minimum absolute atomic E-state index is 0.0129. The number of aromatic amines is 1. The summed E-state index contributed by atoms with van der Waals surface area (Å²) in [5.74, 6) is 0.321. The normalized spacial score (nSPS) is 26.7. The maximum Gasteiger partial charge on any atom is 0.246 e. The van der Waals surface area contributed by atoms with Crippen molar-refractivity contribution in [1.29, 1.82) is 0 Å². The maximum atomic E-state index is 12.6. The van der Waals surface area contributed by atoms with E-state index < -0.39 is 11.0 Å². The standard InChI is InChI=1S/C17H30N4O2/c1-7-23-12-10-17(18,16(12,5)6)14(22)19-13-8-11(20-21-13)9-15(2,3)4/h8,12H,7,9-10,18H2,1-6H3,(H2,19,20,21,22). The lowest BCUT2D eigenvalue weighted by Crippen LogP contribution is -2.74. The maximum absolute atomic E-state index is 12.6. The monoisotopic (exact) mass is 322 g/mol. The van der Waals surface area contributed by atoms with E-state index in [-0.39, 0.29) is 17.4 Å². The fourth-order valence-electron chi connectivity index (χ4n) is 3.14. The number of hydrogen-bond acceptors (Lipinski definition) is 4. The molecule has 1 saturated carbocycles. The predicted octanol–water partition coefficient (Wildman–Crippen LogP) is 2.47. The van der Waals surface area contributed by atoms with Crippen molar-refractivity contribution < 1.29 is 9.53 Å². The molecule has 0 spiro atoms. The smallest absolute Gasteiger partial charge is 0.246 e. The minimum Gasteiger partial charge on any atom is -0.378 e. The SMILES string of the molecule is CCOC1CC(N)(C(=O)Nc2cc(CC(C)(C)C)[nH]n2)C1(C)C. The van der Waals surface area contributed by atoms with E-state index in [4.69, 9.17) is 10.5 Å². The molecule has 0 aliphatic heterocycles. The van der Waals surface area contributed by atoms with E-state index >= 15 is 0 Å². The Labute approximate surface area is 138 Å². The second-order valence-electron chi connectivity index (χ2n) is 8.31. The highest BCUT2D eigenvalue weighted by atomic mass is 16.5. The highest BCUT2D eigenvalue weighted by Crippen LogP contribution is 2.50. The summed E-state index contributed by atoms with van der Waals surface area (Å²) < 4.78 is 5.67. The van der Waals surface area contributed by atoms with Crippen LogP contribution < -0.4 is 11.1 Å². The van der Waals surface area contributed by atoms with Crippen LogP contribution in [0.1, 0.15) is 53.7 Å². The lowest BCUT2D eigenvalue weighted by atomic mass is 9.54. The summed E-state index contributed by atoms with van der Waals surface area (Å²) in [6.45, 7) is 13.0. The molecule has 1 aliphatic rings. The third kappa shape index (κ3) is 3.43. The van der Waals surface area contributed by atoms with Gasteiger partial charge < -0.3 is 15.8 Å². The summed E-state index contributed by atoms with van der Waals surface area (Å²) in [6.07, 6.45) is 1.40.